The third-order valence-electron chi connectivity index (χ3n) is 3.62. The van der Waals surface area contributed by atoms with Crippen LogP contribution in [0.1, 0.15) is 11.1 Å². The predicted octanol–water partition coefficient (Wildman–Crippen LogP) is 2.97. The summed E-state index contributed by atoms with van der Waals surface area (Å²) < 4.78 is 5.06. The van der Waals surface area contributed by atoms with Crippen molar-refractivity contribution in [2.45, 2.75) is 13.0 Å². The van der Waals surface area contributed by atoms with Gasteiger partial charge in [0.25, 0.3) is 0 Å². The number of nitrogens with zero attached hydrogens (tertiary/aromatic N) is 2. The summed E-state index contributed by atoms with van der Waals surface area (Å²) in [7, 11) is 1.62. The van der Waals surface area contributed by atoms with E-state index in [0.717, 1.165) is 30.6 Å². The zero-order valence-corrected chi connectivity index (χ0v) is 12.6. The Kier molecular flexibility index (Phi) is 4.61. The molecule has 0 aliphatic carbocycles. The average Bonchev–Trinajstić information content (AvgIpc) is 2.59. The summed E-state index contributed by atoms with van der Waals surface area (Å²) in [5, 5.41) is 4.64. The Hall–Kier alpha value is -2.46. The van der Waals surface area contributed by atoms with Gasteiger partial charge in [-0.2, -0.15) is 0 Å². The lowest BCUT2D eigenvalue weighted by Gasteiger charge is -2.07. The maximum Gasteiger partial charge on any atom is 0.212 e. The fourth-order valence-corrected chi connectivity index (χ4v) is 2.46. The molecule has 0 saturated carbocycles. The van der Waals surface area contributed by atoms with E-state index in [4.69, 9.17) is 4.74 Å². The number of fused-ring (bicyclic) bond motifs is 1. The largest absolute Gasteiger partial charge is 0.481 e. The van der Waals surface area contributed by atoms with Gasteiger partial charge in [0.15, 0.2) is 0 Å². The quantitative estimate of drug-likeness (QED) is 0.710. The van der Waals surface area contributed by atoms with Crippen LogP contribution >= 0.6 is 0 Å². The Balaban J connectivity index is 1.56. The van der Waals surface area contributed by atoms with Gasteiger partial charge in [-0.15, -0.1) is 0 Å². The number of para-hydroxylation sites is 1. The van der Waals surface area contributed by atoms with Crippen molar-refractivity contribution in [1.82, 2.24) is 15.3 Å². The molecule has 0 radical (unpaired) electrons. The molecular formula is C18H19N3O. The van der Waals surface area contributed by atoms with Gasteiger partial charge in [-0.1, -0.05) is 30.3 Å². The van der Waals surface area contributed by atoms with Gasteiger partial charge in [0.2, 0.25) is 5.88 Å². The summed E-state index contributed by atoms with van der Waals surface area (Å²) in [5.74, 6) is 0.644. The molecule has 4 heteroatoms. The zero-order chi connectivity index (χ0) is 15.2. The number of hydrogen-bond donors (Lipinski definition) is 1. The summed E-state index contributed by atoms with van der Waals surface area (Å²) in [6.07, 6.45) is 4.64. The molecular weight excluding hydrogens is 274 g/mol. The summed E-state index contributed by atoms with van der Waals surface area (Å²) in [6.45, 7) is 1.71. The Bertz CT molecular complexity index is 735. The first-order valence-corrected chi connectivity index (χ1v) is 7.39. The number of rotatable bonds is 6. The maximum atomic E-state index is 5.06. The van der Waals surface area contributed by atoms with Crippen LogP contribution in [0.15, 0.2) is 54.9 Å². The van der Waals surface area contributed by atoms with Crippen LogP contribution in [-0.2, 0) is 13.0 Å². The fraction of sp³-hybridized carbons (Fsp3) is 0.222. The highest BCUT2D eigenvalue weighted by Crippen LogP contribution is 2.16. The summed E-state index contributed by atoms with van der Waals surface area (Å²) in [4.78, 5) is 8.69. The van der Waals surface area contributed by atoms with Gasteiger partial charge in [0.1, 0.15) is 0 Å². The monoisotopic (exact) mass is 293 g/mol. The summed E-state index contributed by atoms with van der Waals surface area (Å²) in [5.41, 5.74) is 3.52. The first-order valence-electron chi connectivity index (χ1n) is 7.39. The van der Waals surface area contributed by atoms with E-state index in [1.165, 1.54) is 10.9 Å². The molecule has 3 aromatic rings. The number of nitrogens with one attached hydrogen (secondary N) is 1. The third kappa shape index (κ3) is 3.40. The van der Waals surface area contributed by atoms with Gasteiger partial charge in [0, 0.05) is 30.4 Å². The molecule has 0 bridgehead atoms. The first kappa shape index (κ1) is 14.5. The molecule has 1 aromatic carbocycles. The molecule has 2 aromatic heterocycles. The molecule has 0 aliphatic heterocycles. The molecule has 3 rings (SSSR count). The second-order valence-corrected chi connectivity index (χ2v) is 5.13. The highest BCUT2D eigenvalue weighted by molar-refractivity contribution is 5.81. The van der Waals surface area contributed by atoms with E-state index < -0.39 is 0 Å². The van der Waals surface area contributed by atoms with Crippen LogP contribution in [0.3, 0.4) is 0 Å². The van der Waals surface area contributed by atoms with Crippen molar-refractivity contribution in [2.75, 3.05) is 13.7 Å². The smallest absolute Gasteiger partial charge is 0.212 e. The van der Waals surface area contributed by atoms with Crippen molar-refractivity contribution in [1.29, 1.82) is 0 Å². The first-order chi connectivity index (χ1) is 10.9. The van der Waals surface area contributed by atoms with Crippen LogP contribution in [0.4, 0.5) is 0 Å². The van der Waals surface area contributed by atoms with Crippen molar-refractivity contribution in [2.24, 2.45) is 0 Å². The Labute approximate surface area is 130 Å². The predicted molar refractivity (Wildman–Crippen MR) is 87.9 cm³/mol. The molecule has 4 nitrogen and oxygen atoms in total. The third-order valence-corrected chi connectivity index (χ3v) is 3.62. The lowest BCUT2D eigenvalue weighted by atomic mass is 10.1. The number of benzene rings is 1. The second kappa shape index (κ2) is 7.00. The molecule has 1 N–H and O–H groups in total. The molecule has 112 valence electrons. The fourth-order valence-electron chi connectivity index (χ4n) is 2.46. The van der Waals surface area contributed by atoms with E-state index >= 15 is 0 Å². The van der Waals surface area contributed by atoms with Crippen molar-refractivity contribution in [3.63, 3.8) is 0 Å². The Morgan fingerprint density at radius 3 is 2.77 bits per heavy atom. The van der Waals surface area contributed by atoms with Gasteiger partial charge in [-0.25, -0.2) is 4.98 Å². The highest BCUT2D eigenvalue weighted by atomic mass is 16.5. The van der Waals surface area contributed by atoms with Gasteiger partial charge < -0.3 is 10.1 Å². The molecule has 0 aliphatic rings. The minimum absolute atomic E-state index is 0.644. The standard InChI is InChI=1S/C18H19N3O/c1-22-17-8-7-14(13-21-17)12-19-11-9-16-5-2-4-15-6-3-10-20-18(15)16/h2-8,10,13,19H,9,11-12H2,1H3. The number of hydrogen-bond acceptors (Lipinski definition) is 4. The van der Waals surface area contributed by atoms with Crippen molar-refractivity contribution >= 4 is 10.9 Å². The zero-order valence-electron chi connectivity index (χ0n) is 12.6. The minimum Gasteiger partial charge on any atom is -0.481 e. The van der Waals surface area contributed by atoms with Crippen LogP contribution in [0.5, 0.6) is 5.88 Å². The maximum absolute atomic E-state index is 5.06. The minimum atomic E-state index is 0.644. The van der Waals surface area contributed by atoms with E-state index in [0.29, 0.717) is 5.88 Å². The molecule has 0 spiro atoms. The van der Waals surface area contributed by atoms with E-state index in [-0.39, 0.29) is 0 Å². The number of methoxy groups -OCH3 is 1. The molecule has 0 unspecified atom stereocenters. The van der Waals surface area contributed by atoms with Crippen LogP contribution in [0.2, 0.25) is 0 Å². The molecule has 22 heavy (non-hydrogen) atoms. The van der Waals surface area contributed by atoms with Gasteiger partial charge in [-0.05, 0) is 30.2 Å². The molecule has 0 fully saturated rings. The topological polar surface area (TPSA) is 47.0 Å². The van der Waals surface area contributed by atoms with Gasteiger partial charge in [-0.3, -0.25) is 4.98 Å². The lowest BCUT2D eigenvalue weighted by molar-refractivity contribution is 0.397. The Morgan fingerprint density at radius 1 is 1.05 bits per heavy atom. The van der Waals surface area contributed by atoms with Crippen LogP contribution < -0.4 is 10.1 Å². The summed E-state index contributed by atoms with van der Waals surface area (Å²) in [6, 6.07) is 14.3. The van der Waals surface area contributed by atoms with Crippen molar-refractivity contribution in [3.8, 4) is 5.88 Å². The van der Waals surface area contributed by atoms with E-state index in [9.17, 15) is 0 Å². The number of pyridine rings is 2. The van der Waals surface area contributed by atoms with E-state index in [1.807, 2.05) is 30.6 Å². The van der Waals surface area contributed by atoms with Crippen molar-refractivity contribution < 1.29 is 4.74 Å². The molecule has 0 saturated heterocycles. The van der Waals surface area contributed by atoms with Gasteiger partial charge >= 0.3 is 0 Å². The molecule has 0 amide bonds. The SMILES string of the molecule is COc1ccc(CNCCc2cccc3cccnc23)cn1. The van der Waals surface area contributed by atoms with Crippen molar-refractivity contribution in [3.05, 3.63) is 66.0 Å². The van der Waals surface area contributed by atoms with Crippen LogP contribution in [0, 0.1) is 0 Å². The number of ether oxygens (including phenoxy) is 1. The average molecular weight is 293 g/mol. The molecule has 2 heterocycles. The van der Waals surface area contributed by atoms with Crippen LogP contribution in [0.25, 0.3) is 10.9 Å². The second-order valence-electron chi connectivity index (χ2n) is 5.13. The summed E-state index contributed by atoms with van der Waals surface area (Å²) >= 11 is 0. The number of aromatic nitrogens is 2. The Morgan fingerprint density at radius 2 is 1.95 bits per heavy atom. The van der Waals surface area contributed by atoms with Gasteiger partial charge in [0.05, 0.1) is 12.6 Å². The van der Waals surface area contributed by atoms with E-state index in [1.54, 1.807) is 7.11 Å². The molecule has 0 atom stereocenters. The normalized spacial score (nSPS) is 10.8. The highest BCUT2D eigenvalue weighted by Gasteiger charge is 2.01. The van der Waals surface area contributed by atoms with Crippen LogP contribution in [-0.4, -0.2) is 23.6 Å². The van der Waals surface area contributed by atoms with E-state index in [2.05, 4.69) is 39.6 Å². The lowest BCUT2D eigenvalue weighted by Crippen LogP contribution is -2.17.